The van der Waals surface area contributed by atoms with Crippen LogP contribution in [0.3, 0.4) is 0 Å². The Labute approximate surface area is 108 Å². The lowest BCUT2D eigenvalue weighted by molar-refractivity contribution is -0.384. The average molecular weight is 273 g/mol. The van der Waals surface area contributed by atoms with Crippen LogP contribution in [0.5, 0.6) is 0 Å². The van der Waals surface area contributed by atoms with Gasteiger partial charge in [-0.3, -0.25) is 20.8 Å². The number of hydrazine groups is 1. The molecule has 0 saturated carbocycles. The zero-order valence-corrected chi connectivity index (χ0v) is 10.6. The summed E-state index contributed by atoms with van der Waals surface area (Å²) in [5.41, 5.74) is 1.88. The van der Waals surface area contributed by atoms with Gasteiger partial charge in [0, 0.05) is 17.7 Å². The first-order chi connectivity index (χ1) is 8.36. The Bertz CT molecular complexity index is 490. The fraction of sp³-hybridized carbons (Fsp3) is 0.300. The lowest BCUT2D eigenvalue weighted by Crippen LogP contribution is -2.30. The number of hydrogen-bond acceptors (Lipinski definition) is 5. The molecule has 0 radical (unpaired) electrons. The van der Waals surface area contributed by atoms with E-state index in [1.54, 1.807) is 13.8 Å². The number of hydrogen-bond donors (Lipinski definition) is 3. The molecule has 4 N–H and O–H groups in total. The Kier molecular flexibility index (Phi) is 4.46. The van der Waals surface area contributed by atoms with Gasteiger partial charge in [-0.1, -0.05) is 11.6 Å². The van der Waals surface area contributed by atoms with Crippen LogP contribution in [0.15, 0.2) is 12.1 Å². The molecule has 18 heavy (non-hydrogen) atoms. The van der Waals surface area contributed by atoms with Gasteiger partial charge in [-0.2, -0.15) is 0 Å². The van der Waals surface area contributed by atoms with Gasteiger partial charge in [0.25, 0.3) is 11.6 Å². The fourth-order valence-electron chi connectivity index (χ4n) is 1.36. The van der Waals surface area contributed by atoms with Crippen LogP contribution in [0.1, 0.15) is 24.2 Å². The summed E-state index contributed by atoms with van der Waals surface area (Å²) in [4.78, 5) is 21.9. The molecule has 8 heteroatoms. The van der Waals surface area contributed by atoms with Crippen molar-refractivity contribution in [1.82, 2.24) is 5.32 Å². The van der Waals surface area contributed by atoms with E-state index in [1.165, 1.54) is 6.07 Å². The first-order valence-corrected chi connectivity index (χ1v) is 5.50. The number of nitrogen functional groups attached to an aromatic ring is 1. The minimum atomic E-state index is -0.659. The molecule has 1 rings (SSSR count). The largest absolute Gasteiger partial charge is 0.350 e. The molecule has 0 aliphatic heterocycles. The zero-order valence-electron chi connectivity index (χ0n) is 9.86. The van der Waals surface area contributed by atoms with Crippen molar-refractivity contribution >= 4 is 28.9 Å². The zero-order chi connectivity index (χ0) is 13.9. The molecular weight excluding hydrogens is 260 g/mol. The lowest BCUT2D eigenvalue weighted by atomic mass is 10.1. The van der Waals surface area contributed by atoms with Crippen LogP contribution in [0.4, 0.5) is 11.4 Å². The summed E-state index contributed by atoms with van der Waals surface area (Å²) in [5, 5.41) is 13.5. The number of halogens is 1. The molecule has 0 atom stereocenters. The Morgan fingerprint density at radius 1 is 1.50 bits per heavy atom. The normalized spacial score (nSPS) is 10.3. The van der Waals surface area contributed by atoms with Crippen molar-refractivity contribution in [3.05, 3.63) is 32.8 Å². The van der Waals surface area contributed by atoms with Gasteiger partial charge in [-0.05, 0) is 19.9 Å². The molecule has 0 saturated heterocycles. The second-order valence-corrected chi connectivity index (χ2v) is 4.29. The van der Waals surface area contributed by atoms with E-state index in [2.05, 4.69) is 10.7 Å². The van der Waals surface area contributed by atoms with Crippen molar-refractivity contribution in [3.8, 4) is 0 Å². The minimum Gasteiger partial charge on any atom is -0.350 e. The van der Waals surface area contributed by atoms with E-state index in [-0.39, 0.29) is 28.0 Å². The number of nitrogens with two attached hydrogens (primary N) is 1. The summed E-state index contributed by atoms with van der Waals surface area (Å²) in [5.74, 6) is 4.72. The molecule has 0 aliphatic rings. The average Bonchev–Trinajstić information content (AvgIpc) is 2.26. The highest BCUT2D eigenvalue weighted by atomic mass is 35.5. The van der Waals surface area contributed by atoms with Crippen LogP contribution in [0.2, 0.25) is 5.02 Å². The number of carbonyl (C=O) groups excluding carboxylic acids is 1. The number of nitrogens with one attached hydrogen (secondary N) is 2. The Morgan fingerprint density at radius 3 is 2.56 bits per heavy atom. The van der Waals surface area contributed by atoms with E-state index < -0.39 is 10.8 Å². The first kappa shape index (κ1) is 14.2. The molecule has 0 heterocycles. The Hall–Kier alpha value is -1.86. The summed E-state index contributed by atoms with van der Waals surface area (Å²) in [7, 11) is 0. The van der Waals surface area contributed by atoms with Crippen LogP contribution in [0, 0.1) is 10.1 Å². The maximum Gasteiger partial charge on any atom is 0.295 e. The molecular formula is C10H13ClN4O3. The van der Waals surface area contributed by atoms with Crippen molar-refractivity contribution in [2.75, 3.05) is 5.43 Å². The van der Waals surface area contributed by atoms with Crippen molar-refractivity contribution < 1.29 is 9.72 Å². The van der Waals surface area contributed by atoms with Gasteiger partial charge < -0.3 is 10.7 Å². The van der Waals surface area contributed by atoms with Gasteiger partial charge in [-0.25, -0.2) is 0 Å². The SMILES string of the molecule is CC(C)NC(=O)c1cc(Cl)c(NN)c([N+](=O)[O-])c1. The maximum absolute atomic E-state index is 11.7. The molecule has 0 fully saturated rings. The summed E-state index contributed by atoms with van der Waals surface area (Å²) >= 11 is 5.83. The number of benzene rings is 1. The number of anilines is 1. The van der Waals surface area contributed by atoms with Crippen LogP contribution in [0.25, 0.3) is 0 Å². The van der Waals surface area contributed by atoms with Crippen molar-refractivity contribution in [3.63, 3.8) is 0 Å². The van der Waals surface area contributed by atoms with Gasteiger partial charge in [0.05, 0.1) is 9.95 Å². The summed E-state index contributed by atoms with van der Waals surface area (Å²) < 4.78 is 0. The predicted octanol–water partition coefficient (Wildman–Crippen LogP) is 1.67. The first-order valence-electron chi connectivity index (χ1n) is 5.12. The molecule has 7 nitrogen and oxygen atoms in total. The van der Waals surface area contributed by atoms with E-state index >= 15 is 0 Å². The number of nitro groups is 1. The summed E-state index contributed by atoms with van der Waals surface area (Å²) in [6, 6.07) is 2.36. The maximum atomic E-state index is 11.7. The van der Waals surface area contributed by atoms with Crippen molar-refractivity contribution in [1.29, 1.82) is 0 Å². The summed E-state index contributed by atoms with van der Waals surface area (Å²) in [6.07, 6.45) is 0. The van der Waals surface area contributed by atoms with E-state index in [4.69, 9.17) is 17.4 Å². The van der Waals surface area contributed by atoms with E-state index in [1.807, 2.05) is 0 Å². The molecule has 0 aliphatic carbocycles. The number of carbonyl (C=O) groups is 1. The topological polar surface area (TPSA) is 110 Å². The van der Waals surface area contributed by atoms with Gasteiger partial charge in [-0.15, -0.1) is 0 Å². The number of nitrogens with zero attached hydrogens (tertiary/aromatic N) is 1. The third kappa shape index (κ3) is 3.08. The highest BCUT2D eigenvalue weighted by Crippen LogP contribution is 2.32. The minimum absolute atomic E-state index is 0.0145. The van der Waals surface area contributed by atoms with Crippen molar-refractivity contribution in [2.24, 2.45) is 5.84 Å². The molecule has 0 unspecified atom stereocenters. The quantitative estimate of drug-likeness (QED) is 0.439. The highest BCUT2D eigenvalue weighted by molar-refractivity contribution is 6.34. The third-order valence-corrected chi connectivity index (χ3v) is 2.39. The lowest BCUT2D eigenvalue weighted by Gasteiger charge is -2.10. The molecule has 98 valence electrons. The smallest absolute Gasteiger partial charge is 0.295 e. The molecule has 0 spiro atoms. The number of amides is 1. The van der Waals surface area contributed by atoms with Gasteiger partial charge >= 0.3 is 0 Å². The third-order valence-electron chi connectivity index (χ3n) is 2.09. The predicted molar refractivity (Wildman–Crippen MR) is 68.5 cm³/mol. The van der Waals surface area contributed by atoms with Crippen LogP contribution in [-0.2, 0) is 0 Å². The molecule has 1 aromatic carbocycles. The molecule has 0 aromatic heterocycles. The Balaban J connectivity index is 3.24. The number of rotatable bonds is 4. The Morgan fingerprint density at radius 2 is 2.11 bits per heavy atom. The second kappa shape index (κ2) is 5.65. The van der Waals surface area contributed by atoms with E-state index in [0.29, 0.717) is 0 Å². The number of nitro benzene ring substituents is 1. The van der Waals surface area contributed by atoms with Crippen LogP contribution < -0.4 is 16.6 Å². The van der Waals surface area contributed by atoms with E-state index in [9.17, 15) is 14.9 Å². The van der Waals surface area contributed by atoms with Gasteiger partial charge in [0.15, 0.2) is 0 Å². The van der Waals surface area contributed by atoms with Crippen molar-refractivity contribution in [2.45, 2.75) is 19.9 Å². The summed E-state index contributed by atoms with van der Waals surface area (Å²) in [6.45, 7) is 3.56. The monoisotopic (exact) mass is 272 g/mol. The standard InChI is InChI=1S/C10H13ClN4O3/c1-5(2)13-10(16)6-3-7(11)9(14-12)8(4-6)15(17)18/h3-5,14H,12H2,1-2H3,(H,13,16). The van der Waals surface area contributed by atoms with Gasteiger partial charge in [0.2, 0.25) is 0 Å². The highest BCUT2D eigenvalue weighted by Gasteiger charge is 2.21. The molecule has 1 aromatic rings. The van der Waals surface area contributed by atoms with Crippen LogP contribution in [-0.4, -0.2) is 16.9 Å². The fourth-order valence-corrected chi connectivity index (χ4v) is 1.62. The van der Waals surface area contributed by atoms with Gasteiger partial charge in [0.1, 0.15) is 5.69 Å². The molecule has 0 bridgehead atoms. The second-order valence-electron chi connectivity index (χ2n) is 3.88. The van der Waals surface area contributed by atoms with E-state index in [0.717, 1.165) is 6.07 Å². The van der Waals surface area contributed by atoms with Crippen LogP contribution >= 0.6 is 11.6 Å². The molecule has 1 amide bonds.